The Balaban J connectivity index is 1.56. The van der Waals surface area contributed by atoms with E-state index in [1.165, 1.54) is 18.9 Å². The Morgan fingerprint density at radius 1 is 1.29 bits per heavy atom. The van der Waals surface area contributed by atoms with Crippen LogP contribution in [0.2, 0.25) is 0 Å². The van der Waals surface area contributed by atoms with Gasteiger partial charge < -0.3 is 10.2 Å². The number of rotatable bonds is 6. The second-order valence-corrected chi connectivity index (χ2v) is 6.70. The summed E-state index contributed by atoms with van der Waals surface area (Å²) in [6, 6.07) is 8.52. The zero-order valence-corrected chi connectivity index (χ0v) is 14.2. The number of likely N-dealkylation sites (tertiary alicyclic amines) is 1. The van der Waals surface area contributed by atoms with Crippen molar-refractivity contribution in [3.05, 3.63) is 48.0 Å². The molecule has 1 unspecified atom stereocenters. The quantitative estimate of drug-likeness (QED) is 0.811. The van der Waals surface area contributed by atoms with E-state index in [9.17, 15) is 9.59 Å². The van der Waals surface area contributed by atoms with Crippen LogP contribution in [0.15, 0.2) is 36.9 Å². The van der Waals surface area contributed by atoms with Crippen LogP contribution in [0.4, 0.5) is 0 Å². The number of nitrogens with zero attached hydrogens (tertiary/aromatic N) is 2. The summed E-state index contributed by atoms with van der Waals surface area (Å²) in [7, 11) is 1.90. The SMILES string of the molecule is C=CC(=O)NCc1ccc(C(=O)N(C)C2CCN(C3CC3)C2)cc1. The van der Waals surface area contributed by atoms with Gasteiger partial charge in [-0.15, -0.1) is 0 Å². The first kappa shape index (κ1) is 16.7. The standard InChI is InChI=1S/C19H25N3O2/c1-3-18(23)20-12-14-4-6-15(7-5-14)19(24)21(2)17-10-11-22(13-17)16-8-9-16/h3-7,16-17H,1,8-13H2,2H3,(H,20,23). The maximum atomic E-state index is 12.7. The lowest BCUT2D eigenvalue weighted by molar-refractivity contribution is -0.116. The molecular weight excluding hydrogens is 302 g/mol. The number of amides is 2. The van der Waals surface area contributed by atoms with Gasteiger partial charge in [0.05, 0.1) is 0 Å². The predicted molar refractivity (Wildman–Crippen MR) is 93.6 cm³/mol. The van der Waals surface area contributed by atoms with Gasteiger partial charge in [0, 0.05) is 44.3 Å². The maximum absolute atomic E-state index is 12.7. The van der Waals surface area contributed by atoms with Crippen LogP contribution in [0.5, 0.6) is 0 Å². The summed E-state index contributed by atoms with van der Waals surface area (Å²) in [4.78, 5) is 28.3. The van der Waals surface area contributed by atoms with E-state index >= 15 is 0 Å². The summed E-state index contributed by atoms with van der Waals surface area (Å²) < 4.78 is 0. The topological polar surface area (TPSA) is 52.7 Å². The minimum atomic E-state index is -0.198. The van der Waals surface area contributed by atoms with E-state index in [1.54, 1.807) is 0 Å². The average Bonchev–Trinajstić information content (AvgIpc) is 3.35. The summed E-state index contributed by atoms with van der Waals surface area (Å²) in [5, 5.41) is 2.73. The van der Waals surface area contributed by atoms with Crippen LogP contribution in [-0.4, -0.2) is 53.8 Å². The molecule has 0 radical (unpaired) electrons. The lowest BCUT2D eigenvalue weighted by Crippen LogP contribution is -2.39. The first-order valence-corrected chi connectivity index (χ1v) is 8.59. The second kappa shape index (κ2) is 7.18. The molecule has 1 saturated carbocycles. The number of carbonyl (C=O) groups is 2. The highest BCUT2D eigenvalue weighted by molar-refractivity contribution is 5.94. The molecule has 2 aliphatic rings. The minimum absolute atomic E-state index is 0.0688. The van der Waals surface area contributed by atoms with Crippen molar-refractivity contribution in [3.63, 3.8) is 0 Å². The molecule has 2 fully saturated rings. The molecule has 128 valence electrons. The highest BCUT2D eigenvalue weighted by Gasteiger charge is 2.36. The van der Waals surface area contributed by atoms with E-state index < -0.39 is 0 Å². The van der Waals surface area contributed by atoms with Crippen LogP contribution in [0, 0.1) is 0 Å². The number of hydrogen-bond donors (Lipinski definition) is 1. The van der Waals surface area contributed by atoms with Crippen LogP contribution >= 0.6 is 0 Å². The molecule has 5 nitrogen and oxygen atoms in total. The van der Waals surface area contributed by atoms with Gasteiger partial charge in [0.15, 0.2) is 0 Å². The van der Waals surface area contributed by atoms with Crippen molar-refractivity contribution in [2.24, 2.45) is 0 Å². The van der Waals surface area contributed by atoms with Crippen molar-refractivity contribution in [3.8, 4) is 0 Å². The maximum Gasteiger partial charge on any atom is 0.253 e. The molecule has 1 atom stereocenters. The van der Waals surface area contributed by atoms with E-state index in [1.807, 2.05) is 36.2 Å². The van der Waals surface area contributed by atoms with Gasteiger partial charge in [0.1, 0.15) is 0 Å². The van der Waals surface area contributed by atoms with Crippen molar-refractivity contribution in [1.29, 1.82) is 0 Å². The number of nitrogens with one attached hydrogen (secondary N) is 1. The summed E-state index contributed by atoms with van der Waals surface area (Å²) in [5.74, 6) is -0.129. The fourth-order valence-electron chi connectivity index (χ4n) is 3.25. The van der Waals surface area contributed by atoms with Gasteiger partial charge in [-0.25, -0.2) is 0 Å². The third-order valence-electron chi connectivity index (χ3n) is 4.98. The van der Waals surface area contributed by atoms with Crippen molar-refractivity contribution in [1.82, 2.24) is 15.1 Å². The normalized spacial score (nSPS) is 20.6. The molecule has 5 heteroatoms. The smallest absolute Gasteiger partial charge is 0.253 e. The molecule has 1 saturated heterocycles. The van der Waals surface area contributed by atoms with E-state index in [-0.39, 0.29) is 11.8 Å². The largest absolute Gasteiger partial charge is 0.348 e. The third-order valence-corrected chi connectivity index (χ3v) is 4.98. The van der Waals surface area contributed by atoms with E-state index in [0.717, 1.165) is 31.1 Å². The molecule has 1 aromatic carbocycles. The molecule has 0 aromatic heterocycles. The fourth-order valence-corrected chi connectivity index (χ4v) is 3.25. The number of benzene rings is 1. The summed E-state index contributed by atoms with van der Waals surface area (Å²) in [5.41, 5.74) is 1.66. The predicted octanol–water partition coefficient (Wildman–Crippen LogP) is 1.80. The molecule has 24 heavy (non-hydrogen) atoms. The Bertz CT molecular complexity index is 622. The Labute approximate surface area is 143 Å². The van der Waals surface area contributed by atoms with Crippen molar-refractivity contribution in [2.75, 3.05) is 20.1 Å². The summed E-state index contributed by atoms with van der Waals surface area (Å²) in [6.45, 7) is 5.96. The molecule has 1 aliphatic heterocycles. The number of carbonyl (C=O) groups excluding carboxylic acids is 2. The van der Waals surface area contributed by atoms with Crippen LogP contribution in [0.25, 0.3) is 0 Å². The van der Waals surface area contributed by atoms with Crippen LogP contribution in [-0.2, 0) is 11.3 Å². The Morgan fingerprint density at radius 2 is 2.00 bits per heavy atom. The summed E-state index contributed by atoms with van der Waals surface area (Å²) in [6.07, 6.45) is 4.94. The van der Waals surface area contributed by atoms with Gasteiger partial charge in [-0.2, -0.15) is 0 Å². The third kappa shape index (κ3) is 3.85. The molecule has 3 rings (SSSR count). The minimum Gasteiger partial charge on any atom is -0.348 e. The van der Waals surface area contributed by atoms with Crippen LogP contribution in [0.3, 0.4) is 0 Å². The fraction of sp³-hybridized carbons (Fsp3) is 0.474. The van der Waals surface area contributed by atoms with E-state index in [2.05, 4.69) is 16.8 Å². The Morgan fingerprint density at radius 3 is 2.62 bits per heavy atom. The van der Waals surface area contributed by atoms with Gasteiger partial charge in [0.2, 0.25) is 5.91 Å². The summed E-state index contributed by atoms with van der Waals surface area (Å²) >= 11 is 0. The molecule has 1 aromatic rings. The van der Waals surface area contributed by atoms with Crippen LogP contribution < -0.4 is 5.32 Å². The number of likely N-dealkylation sites (N-methyl/N-ethyl adjacent to an activating group) is 1. The van der Waals surface area contributed by atoms with E-state index in [4.69, 9.17) is 0 Å². The van der Waals surface area contributed by atoms with Crippen LogP contribution in [0.1, 0.15) is 35.2 Å². The van der Waals surface area contributed by atoms with Gasteiger partial charge in [0.25, 0.3) is 5.91 Å². The van der Waals surface area contributed by atoms with Gasteiger partial charge in [-0.1, -0.05) is 18.7 Å². The van der Waals surface area contributed by atoms with Crippen molar-refractivity contribution in [2.45, 2.75) is 37.9 Å². The average molecular weight is 327 g/mol. The second-order valence-electron chi connectivity index (χ2n) is 6.70. The molecule has 0 bridgehead atoms. The lowest BCUT2D eigenvalue weighted by Gasteiger charge is -2.25. The molecule has 1 N–H and O–H groups in total. The van der Waals surface area contributed by atoms with Crippen molar-refractivity contribution >= 4 is 11.8 Å². The first-order chi connectivity index (χ1) is 11.6. The zero-order valence-electron chi connectivity index (χ0n) is 14.2. The highest BCUT2D eigenvalue weighted by Crippen LogP contribution is 2.31. The Kier molecular flexibility index (Phi) is 5.00. The zero-order chi connectivity index (χ0) is 17.1. The molecule has 0 spiro atoms. The molecule has 1 heterocycles. The lowest BCUT2D eigenvalue weighted by atomic mass is 10.1. The van der Waals surface area contributed by atoms with Gasteiger partial charge in [-0.3, -0.25) is 14.5 Å². The monoisotopic (exact) mass is 327 g/mol. The van der Waals surface area contributed by atoms with Crippen molar-refractivity contribution < 1.29 is 9.59 Å². The molecule has 2 amide bonds. The van der Waals surface area contributed by atoms with Gasteiger partial charge >= 0.3 is 0 Å². The molecule has 1 aliphatic carbocycles. The first-order valence-electron chi connectivity index (χ1n) is 8.59. The Hall–Kier alpha value is -2.14. The van der Waals surface area contributed by atoms with E-state index in [0.29, 0.717) is 18.2 Å². The molecular formula is C19H25N3O2. The number of hydrogen-bond acceptors (Lipinski definition) is 3. The van der Waals surface area contributed by atoms with Gasteiger partial charge in [-0.05, 0) is 43.0 Å². The highest BCUT2D eigenvalue weighted by atomic mass is 16.2.